The van der Waals surface area contributed by atoms with Crippen molar-refractivity contribution in [3.8, 4) is 0 Å². The van der Waals surface area contributed by atoms with Crippen molar-refractivity contribution in [2.75, 3.05) is 31.1 Å². The van der Waals surface area contributed by atoms with Gasteiger partial charge in [-0.05, 0) is 12.0 Å². The van der Waals surface area contributed by atoms with Crippen LogP contribution in [0.15, 0.2) is 36.7 Å². The van der Waals surface area contributed by atoms with E-state index in [0.717, 1.165) is 12.0 Å². The van der Waals surface area contributed by atoms with Gasteiger partial charge in [0.1, 0.15) is 6.33 Å². The van der Waals surface area contributed by atoms with Gasteiger partial charge in [-0.3, -0.25) is 0 Å². The summed E-state index contributed by atoms with van der Waals surface area (Å²) in [5.74, 6) is 0.851. The molecular formula is C15H19N5O2S. The minimum atomic E-state index is -3.22. The lowest BCUT2D eigenvalue weighted by Gasteiger charge is -2.33. The van der Waals surface area contributed by atoms with Gasteiger partial charge in [-0.2, -0.15) is 14.4 Å². The van der Waals surface area contributed by atoms with Gasteiger partial charge in [0, 0.05) is 32.1 Å². The minimum Gasteiger partial charge on any atom is -0.339 e. The second-order valence-electron chi connectivity index (χ2n) is 6.03. The zero-order chi connectivity index (χ0) is 15.9. The van der Waals surface area contributed by atoms with Gasteiger partial charge in [-0.1, -0.05) is 30.3 Å². The molecule has 2 heterocycles. The van der Waals surface area contributed by atoms with Gasteiger partial charge in [0.15, 0.2) is 0 Å². The number of H-pyrrole nitrogens is 1. The number of hydrogen-bond acceptors (Lipinski definition) is 5. The molecule has 23 heavy (non-hydrogen) atoms. The number of benzene rings is 1. The summed E-state index contributed by atoms with van der Waals surface area (Å²) < 4.78 is 27.2. The SMILES string of the molecule is O=S(=O)(C1CC1c1ccccc1)N1CCN(c2ncn[nH]2)CC1. The summed E-state index contributed by atoms with van der Waals surface area (Å²) in [5.41, 5.74) is 1.13. The molecule has 1 aromatic heterocycles. The lowest BCUT2D eigenvalue weighted by molar-refractivity contribution is 0.381. The van der Waals surface area contributed by atoms with E-state index in [0.29, 0.717) is 32.1 Å². The van der Waals surface area contributed by atoms with Crippen LogP contribution in [0, 0.1) is 0 Å². The highest BCUT2D eigenvalue weighted by Gasteiger charge is 2.50. The van der Waals surface area contributed by atoms with E-state index in [1.165, 1.54) is 6.33 Å². The largest absolute Gasteiger partial charge is 0.339 e. The number of nitrogens with zero attached hydrogens (tertiary/aromatic N) is 4. The molecule has 1 N–H and O–H groups in total. The minimum absolute atomic E-state index is 0.147. The molecule has 0 bridgehead atoms. The topological polar surface area (TPSA) is 82.2 Å². The fraction of sp³-hybridized carbons (Fsp3) is 0.467. The number of nitrogens with one attached hydrogen (secondary N) is 1. The van der Waals surface area contributed by atoms with Crippen molar-refractivity contribution in [2.24, 2.45) is 0 Å². The first kappa shape index (κ1) is 14.6. The molecule has 2 aromatic rings. The number of sulfonamides is 1. The number of aromatic nitrogens is 3. The van der Waals surface area contributed by atoms with Crippen molar-refractivity contribution in [3.63, 3.8) is 0 Å². The molecule has 0 radical (unpaired) electrons. The molecule has 1 aliphatic carbocycles. The molecule has 2 fully saturated rings. The molecule has 2 aliphatic rings. The molecule has 122 valence electrons. The van der Waals surface area contributed by atoms with Crippen LogP contribution in [0.3, 0.4) is 0 Å². The third kappa shape index (κ3) is 2.72. The summed E-state index contributed by atoms with van der Waals surface area (Å²) in [4.78, 5) is 6.15. The summed E-state index contributed by atoms with van der Waals surface area (Å²) in [5, 5.41) is 6.40. The molecule has 0 spiro atoms. The van der Waals surface area contributed by atoms with Gasteiger partial charge in [-0.15, -0.1) is 0 Å². The second kappa shape index (κ2) is 5.61. The summed E-state index contributed by atoms with van der Waals surface area (Å²) in [6.07, 6.45) is 2.20. The zero-order valence-corrected chi connectivity index (χ0v) is 13.5. The van der Waals surface area contributed by atoms with Crippen molar-refractivity contribution in [1.82, 2.24) is 19.5 Å². The fourth-order valence-corrected chi connectivity index (χ4v) is 5.33. The van der Waals surface area contributed by atoms with E-state index in [1.54, 1.807) is 4.31 Å². The number of aromatic amines is 1. The van der Waals surface area contributed by atoms with Crippen molar-refractivity contribution in [3.05, 3.63) is 42.2 Å². The van der Waals surface area contributed by atoms with Crippen LogP contribution in [0.2, 0.25) is 0 Å². The highest BCUT2D eigenvalue weighted by molar-refractivity contribution is 7.90. The van der Waals surface area contributed by atoms with Crippen LogP contribution in [0.25, 0.3) is 0 Å². The number of rotatable bonds is 4. The van der Waals surface area contributed by atoms with Crippen LogP contribution in [-0.2, 0) is 10.0 Å². The molecule has 1 saturated carbocycles. The number of anilines is 1. The van der Waals surface area contributed by atoms with E-state index >= 15 is 0 Å². The Morgan fingerprint density at radius 2 is 1.83 bits per heavy atom. The Hall–Kier alpha value is -1.93. The first-order valence-corrected chi connectivity index (χ1v) is 9.31. The molecule has 2 unspecified atom stereocenters. The fourth-order valence-electron chi connectivity index (χ4n) is 3.25. The molecular weight excluding hydrogens is 314 g/mol. The monoisotopic (exact) mass is 333 g/mol. The van der Waals surface area contributed by atoms with Gasteiger partial charge in [0.25, 0.3) is 0 Å². The zero-order valence-electron chi connectivity index (χ0n) is 12.7. The summed E-state index contributed by atoms with van der Waals surface area (Å²) >= 11 is 0. The maximum atomic E-state index is 12.8. The molecule has 1 aliphatic heterocycles. The smallest absolute Gasteiger partial charge is 0.221 e. The maximum absolute atomic E-state index is 12.8. The molecule has 7 nitrogen and oxygen atoms in total. The Bertz CT molecular complexity index is 754. The Labute approximate surface area is 135 Å². The van der Waals surface area contributed by atoms with Crippen LogP contribution in [0.5, 0.6) is 0 Å². The van der Waals surface area contributed by atoms with E-state index in [9.17, 15) is 8.42 Å². The average Bonchev–Trinajstić information content (AvgIpc) is 3.23. The molecule has 2 atom stereocenters. The number of hydrogen-bond donors (Lipinski definition) is 1. The molecule has 1 saturated heterocycles. The van der Waals surface area contributed by atoms with Crippen LogP contribution < -0.4 is 4.90 Å². The molecule has 8 heteroatoms. The second-order valence-corrected chi connectivity index (χ2v) is 8.18. The van der Waals surface area contributed by atoms with Gasteiger partial charge in [0.2, 0.25) is 16.0 Å². The molecule has 1 aromatic carbocycles. The Morgan fingerprint density at radius 3 is 2.48 bits per heavy atom. The maximum Gasteiger partial charge on any atom is 0.221 e. The van der Waals surface area contributed by atoms with Gasteiger partial charge >= 0.3 is 0 Å². The van der Waals surface area contributed by atoms with Crippen LogP contribution >= 0.6 is 0 Å². The molecule has 0 amide bonds. The van der Waals surface area contributed by atoms with Gasteiger partial charge < -0.3 is 4.90 Å². The van der Waals surface area contributed by atoms with E-state index in [-0.39, 0.29) is 11.2 Å². The van der Waals surface area contributed by atoms with Crippen molar-refractivity contribution in [2.45, 2.75) is 17.6 Å². The first-order chi connectivity index (χ1) is 11.2. The Balaban J connectivity index is 1.41. The Kier molecular flexibility index (Phi) is 3.57. The number of piperazine rings is 1. The lowest BCUT2D eigenvalue weighted by Crippen LogP contribution is -2.50. The van der Waals surface area contributed by atoms with Crippen LogP contribution in [-0.4, -0.2) is 59.3 Å². The van der Waals surface area contributed by atoms with Crippen molar-refractivity contribution < 1.29 is 8.42 Å². The van der Waals surface area contributed by atoms with E-state index in [1.807, 2.05) is 35.2 Å². The Morgan fingerprint density at radius 1 is 1.09 bits per heavy atom. The van der Waals surface area contributed by atoms with E-state index < -0.39 is 10.0 Å². The highest BCUT2D eigenvalue weighted by atomic mass is 32.2. The van der Waals surface area contributed by atoms with Gasteiger partial charge in [-0.25, -0.2) is 13.5 Å². The van der Waals surface area contributed by atoms with E-state index in [2.05, 4.69) is 15.2 Å². The summed E-state index contributed by atoms with van der Waals surface area (Å²) in [6.45, 7) is 2.27. The van der Waals surface area contributed by atoms with E-state index in [4.69, 9.17) is 0 Å². The van der Waals surface area contributed by atoms with Crippen molar-refractivity contribution in [1.29, 1.82) is 0 Å². The lowest BCUT2D eigenvalue weighted by atomic mass is 10.1. The van der Waals surface area contributed by atoms with Gasteiger partial charge in [0.05, 0.1) is 5.25 Å². The first-order valence-electron chi connectivity index (χ1n) is 7.80. The standard InChI is InChI=1S/C15H19N5O2S/c21-23(22,14-10-13(14)12-4-2-1-3-5-12)20-8-6-19(7-9-20)15-16-11-17-18-15/h1-5,11,13-14H,6-10H2,(H,16,17,18). The normalized spacial score (nSPS) is 25.5. The predicted octanol–water partition coefficient (Wildman–Crippen LogP) is 0.813. The molecule has 4 rings (SSSR count). The third-order valence-corrected chi connectivity index (χ3v) is 7.01. The summed E-state index contributed by atoms with van der Waals surface area (Å²) in [6, 6.07) is 9.92. The van der Waals surface area contributed by atoms with Crippen LogP contribution in [0.1, 0.15) is 17.9 Å². The quantitative estimate of drug-likeness (QED) is 0.895. The van der Waals surface area contributed by atoms with Crippen molar-refractivity contribution >= 4 is 16.0 Å². The third-order valence-electron chi connectivity index (χ3n) is 4.64. The van der Waals surface area contributed by atoms with Crippen LogP contribution in [0.4, 0.5) is 5.95 Å². The average molecular weight is 333 g/mol. The summed E-state index contributed by atoms with van der Waals surface area (Å²) in [7, 11) is -3.22. The predicted molar refractivity (Wildman–Crippen MR) is 86.7 cm³/mol. The highest BCUT2D eigenvalue weighted by Crippen LogP contribution is 2.47.